The molecule has 3 atom stereocenters. The number of rotatable bonds is 7. The van der Waals surface area contributed by atoms with Gasteiger partial charge in [0.05, 0.1) is 6.61 Å². The highest BCUT2D eigenvalue weighted by atomic mass is 16.5. The van der Waals surface area contributed by atoms with Gasteiger partial charge >= 0.3 is 0 Å². The summed E-state index contributed by atoms with van der Waals surface area (Å²) in [5.74, 6) is 1.46. The molecule has 108 valence electrons. The molecule has 3 nitrogen and oxygen atoms in total. The van der Waals surface area contributed by atoms with Crippen LogP contribution in [0.25, 0.3) is 0 Å². The third kappa shape index (κ3) is 3.25. The molecule has 0 amide bonds. The number of likely N-dealkylation sites (N-methyl/N-ethyl adjacent to an activating group) is 1. The molecule has 0 aromatic rings. The average molecular weight is 256 g/mol. The van der Waals surface area contributed by atoms with Crippen molar-refractivity contribution in [3.05, 3.63) is 0 Å². The minimum Gasteiger partial charge on any atom is -0.380 e. The van der Waals surface area contributed by atoms with Crippen LogP contribution in [0.3, 0.4) is 0 Å². The maximum atomic E-state index is 6.19. The Morgan fingerprint density at radius 1 is 1.33 bits per heavy atom. The van der Waals surface area contributed by atoms with Gasteiger partial charge in [0.2, 0.25) is 0 Å². The Bertz CT molecular complexity index is 235. The molecule has 1 aliphatic rings. The Hall–Kier alpha value is -0.120. The van der Waals surface area contributed by atoms with Crippen LogP contribution in [0.1, 0.15) is 47.0 Å². The van der Waals surface area contributed by atoms with Gasteiger partial charge in [-0.25, -0.2) is 0 Å². The molecule has 0 aromatic carbocycles. The van der Waals surface area contributed by atoms with Gasteiger partial charge in [0, 0.05) is 25.2 Å². The van der Waals surface area contributed by atoms with Gasteiger partial charge in [-0.2, -0.15) is 0 Å². The summed E-state index contributed by atoms with van der Waals surface area (Å²) in [6.07, 6.45) is 3.91. The van der Waals surface area contributed by atoms with E-state index in [4.69, 9.17) is 10.5 Å². The zero-order chi connectivity index (χ0) is 13.6. The Kier molecular flexibility index (Phi) is 6.61. The van der Waals surface area contributed by atoms with Crippen molar-refractivity contribution >= 4 is 0 Å². The number of nitrogens with two attached hydrogens (primary N) is 1. The predicted octanol–water partition coefficient (Wildman–Crippen LogP) is 2.50. The summed E-state index contributed by atoms with van der Waals surface area (Å²) in [6, 6.07) is 0. The fraction of sp³-hybridized carbons (Fsp3) is 1.00. The molecule has 0 spiro atoms. The van der Waals surface area contributed by atoms with Gasteiger partial charge in [-0.1, -0.05) is 33.6 Å². The molecule has 18 heavy (non-hydrogen) atoms. The SMILES string of the molecule is CCOCCN(CC)C1(CN)CCCC(C)C1C. The van der Waals surface area contributed by atoms with E-state index in [1.807, 2.05) is 0 Å². The van der Waals surface area contributed by atoms with Gasteiger partial charge in [0.1, 0.15) is 0 Å². The first kappa shape index (κ1) is 15.9. The van der Waals surface area contributed by atoms with Gasteiger partial charge in [-0.3, -0.25) is 4.90 Å². The number of hydrogen-bond acceptors (Lipinski definition) is 3. The van der Waals surface area contributed by atoms with Crippen molar-refractivity contribution in [1.29, 1.82) is 0 Å². The van der Waals surface area contributed by atoms with Crippen molar-refractivity contribution in [2.75, 3.05) is 32.8 Å². The quantitative estimate of drug-likeness (QED) is 0.711. The molecule has 2 N–H and O–H groups in total. The van der Waals surface area contributed by atoms with Crippen LogP contribution in [0.15, 0.2) is 0 Å². The van der Waals surface area contributed by atoms with Crippen LogP contribution in [0.5, 0.6) is 0 Å². The van der Waals surface area contributed by atoms with Crippen LogP contribution in [-0.2, 0) is 4.74 Å². The molecule has 0 aliphatic heterocycles. The maximum absolute atomic E-state index is 6.19. The van der Waals surface area contributed by atoms with Crippen LogP contribution in [-0.4, -0.2) is 43.3 Å². The number of ether oxygens (including phenoxy) is 1. The highest BCUT2D eigenvalue weighted by molar-refractivity contribution is 5.00. The molecular weight excluding hydrogens is 224 g/mol. The number of hydrogen-bond donors (Lipinski definition) is 1. The first-order chi connectivity index (χ1) is 8.62. The van der Waals surface area contributed by atoms with Crippen LogP contribution in [0, 0.1) is 11.8 Å². The number of nitrogens with zero attached hydrogens (tertiary/aromatic N) is 1. The molecule has 3 unspecified atom stereocenters. The van der Waals surface area contributed by atoms with Crippen molar-refractivity contribution in [3.8, 4) is 0 Å². The van der Waals surface area contributed by atoms with Crippen molar-refractivity contribution in [2.24, 2.45) is 17.6 Å². The van der Waals surface area contributed by atoms with Crippen molar-refractivity contribution in [3.63, 3.8) is 0 Å². The van der Waals surface area contributed by atoms with Gasteiger partial charge in [-0.05, 0) is 31.7 Å². The van der Waals surface area contributed by atoms with E-state index in [0.29, 0.717) is 5.92 Å². The lowest BCUT2D eigenvalue weighted by Crippen LogP contribution is -2.61. The molecule has 0 aromatic heterocycles. The first-order valence-corrected chi connectivity index (χ1v) is 7.65. The topological polar surface area (TPSA) is 38.5 Å². The van der Waals surface area contributed by atoms with Crippen LogP contribution >= 0.6 is 0 Å². The van der Waals surface area contributed by atoms with E-state index < -0.39 is 0 Å². The van der Waals surface area contributed by atoms with Gasteiger partial charge in [-0.15, -0.1) is 0 Å². The predicted molar refractivity (Wildman–Crippen MR) is 77.7 cm³/mol. The minimum atomic E-state index is 0.198. The minimum absolute atomic E-state index is 0.198. The fourth-order valence-corrected chi connectivity index (χ4v) is 3.62. The summed E-state index contributed by atoms with van der Waals surface area (Å²) in [5, 5.41) is 0. The highest BCUT2D eigenvalue weighted by Crippen LogP contribution is 2.40. The second-order valence-electron chi connectivity index (χ2n) is 5.74. The van der Waals surface area contributed by atoms with E-state index in [9.17, 15) is 0 Å². The Balaban J connectivity index is 2.75. The standard InChI is InChI=1S/C15H32N2O/c1-5-17(10-11-18-6-2)15(12-16)9-7-8-13(3)14(15)4/h13-14H,5-12,16H2,1-4H3. The van der Waals surface area contributed by atoms with Gasteiger partial charge in [0.25, 0.3) is 0 Å². The first-order valence-electron chi connectivity index (χ1n) is 7.65. The molecule has 0 saturated heterocycles. The van der Waals surface area contributed by atoms with E-state index in [-0.39, 0.29) is 5.54 Å². The third-order valence-electron chi connectivity index (χ3n) is 5.04. The van der Waals surface area contributed by atoms with Crippen molar-refractivity contribution in [1.82, 2.24) is 4.90 Å². The van der Waals surface area contributed by atoms with Gasteiger partial charge < -0.3 is 10.5 Å². The Morgan fingerprint density at radius 2 is 2.06 bits per heavy atom. The van der Waals surface area contributed by atoms with E-state index >= 15 is 0 Å². The monoisotopic (exact) mass is 256 g/mol. The molecule has 3 heteroatoms. The lowest BCUT2D eigenvalue weighted by atomic mass is 9.67. The summed E-state index contributed by atoms with van der Waals surface area (Å²) < 4.78 is 5.53. The molecule has 0 bridgehead atoms. The smallest absolute Gasteiger partial charge is 0.0593 e. The average Bonchev–Trinajstić information content (AvgIpc) is 2.39. The lowest BCUT2D eigenvalue weighted by molar-refractivity contribution is -0.0229. The highest BCUT2D eigenvalue weighted by Gasteiger charge is 2.44. The molecule has 1 aliphatic carbocycles. The molecule has 0 heterocycles. The molecule has 1 fully saturated rings. The molecule has 1 saturated carbocycles. The normalized spacial score (nSPS) is 33.0. The largest absolute Gasteiger partial charge is 0.380 e. The molecule has 1 rings (SSSR count). The van der Waals surface area contributed by atoms with E-state index in [2.05, 4.69) is 32.6 Å². The van der Waals surface area contributed by atoms with E-state index in [0.717, 1.165) is 38.8 Å². The summed E-state index contributed by atoms with van der Waals surface area (Å²) in [6.45, 7) is 13.6. The molecule has 0 radical (unpaired) electrons. The van der Waals surface area contributed by atoms with E-state index in [1.54, 1.807) is 0 Å². The van der Waals surface area contributed by atoms with Crippen LogP contribution < -0.4 is 5.73 Å². The zero-order valence-corrected chi connectivity index (χ0v) is 12.7. The summed E-state index contributed by atoms with van der Waals surface area (Å²) >= 11 is 0. The zero-order valence-electron chi connectivity index (χ0n) is 12.7. The van der Waals surface area contributed by atoms with Crippen LogP contribution in [0.4, 0.5) is 0 Å². The summed E-state index contributed by atoms with van der Waals surface area (Å²) in [4.78, 5) is 2.57. The Labute approximate surface area is 113 Å². The maximum Gasteiger partial charge on any atom is 0.0593 e. The lowest BCUT2D eigenvalue weighted by Gasteiger charge is -2.52. The third-order valence-corrected chi connectivity index (χ3v) is 5.04. The summed E-state index contributed by atoms with van der Waals surface area (Å²) in [5.41, 5.74) is 6.39. The second kappa shape index (κ2) is 7.46. The Morgan fingerprint density at radius 3 is 2.61 bits per heavy atom. The van der Waals surface area contributed by atoms with E-state index in [1.165, 1.54) is 19.3 Å². The van der Waals surface area contributed by atoms with Crippen LogP contribution in [0.2, 0.25) is 0 Å². The second-order valence-corrected chi connectivity index (χ2v) is 5.74. The van der Waals surface area contributed by atoms with Crippen molar-refractivity contribution in [2.45, 2.75) is 52.5 Å². The molecular formula is C15H32N2O. The van der Waals surface area contributed by atoms with Crippen molar-refractivity contribution < 1.29 is 4.74 Å². The summed E-state index contributed by atoms with van der Waals surface area (Å²) in [7, 11) is 0. The van der Waals surface area contributed by atoms with Gasteiger partial charge in [0.15, 0.2) is 0 Å². The fourth-order valence-electron chi connectivity index (χ4n) is 3.62.